The van der Waals surface area contributed by atoms with E-state index in [1.807, 2.05) is 0 Å². The zero-order valence-corrected chi connectivity index (χ0v) is 20.6. The fraction of sp³-hybridized carbons (Fsp3) is 0.333. The Labute approximate surface area is 210 Å². The van der Waals surface area contributed by atoms with Gasteiger partial charge in [0.25, 0.3) is 11.0 Å². The first-order valence-corrected chi connectivity index (χ1v) is 11.2. The van der Waals surface area contributed by atoms with E-state index < -0.39 is 41.0 Å². The minimum atomic E-state index is -3.02. The molecule has 0 radical (unpaired) electrons. The van der Waals surface area contributed by atoms with E-state index in [1.165, 1.54) is 23.0 Å². The highest BCUT2D eigenvalue weighted by Gasteiger charge is 2.51. The topological polar surface area (TPSA) is 93.4 Å². The van der Waals surface area contributed by atoms with E-state index in [0.29, 0.717) is 34.5 Å². The first-order chi connectivity index (χ1) is 16.8. The van der Waals surface area contributed by atoms with Crippen molar-refractivity contribution in [3.8, 4) is 5.82 Å². The van der Waals surface area contributed by atoms with Crippen molar-refractivity contribution in [3.05, 3.63) is 77.1 Å². The molecule has 190 valence electrons. The predicted molar refractivity (Wildman–Crippen MR) is 125 cm³/mol. The molecule has 1 amide bonds. The first kappa shape index (κ1) is 25.8. The number of aliphatic hydroxyl groups is 1. The van der Waals surface area contributed by atoms with Crippen LogP contribution in [0.5, 0.6) is 0 Å². The van der Waals surface area contributed by atoms with Crippen molar-refractivity contribution in [2.24, 2.45) is 0 Å². The van der Waals surface area contributed by atoms with Gasteiger partial charge in [0.15, 0.2) is 5.82 Å². The number of halogens is 4. The summed E-state index contributed by atoms with van der Waals surface area (Å²) in [5.74, 6) is -2.63. The molecule has 0 fully saturated rings. The van der Waals surface area contributed by atoms with Crippen LogP contribution in [0.1, 0.15) is 37.7 Å². The van der Waals surface area contributed by atoms with E-state index in [2.05, 4.69) is 15.1 Å². The van der Waals surface area contributed by atoms with Crippen LogP contribution in [-0.2, 0) is 21.7 Å². The summed E-state index contributed by atoms with van der Waals surface area (Å²) in [6, 6.07) is 3.79. The Morgan fingerprint density at radius 3 is 2.58 bits per heavy atom. The quantitative estimate of drug-likeness (QED) is 0.488. The number of aromatic nitrogens is 4. The van der Waals surface area contributed by atoms with Gasteiger partial charge in [-0.2, -0.15) is 5.10 Å². The van der Waals surface area contributed by atoms with Gasteiger partial charge in [-0.05, 0) is 45.4 Å². The molecule has 2 unspecified atom stereocenters. The zero-order chi connectivity index (χ0) is 26.4. The van der Waals surface area contributed by atoms with E-state index in [4.69, 9.17) is 16.3 Å². The predicted octanol–water partition coefficient (Wildman–Crippen LogP) is 4.22. The second-order valence-electron chi connectivity index (χ2n) is 8.92. The van der Waals surface area contributed by atoms with Crippen molar-refractivity contribution >= 4 is 23.2 Å². The molecular formula is C24H23ClF3N5O3. The minimum absolute atomic E-state index is 0.260. The highest BCUT2D eigenvalue weighted by molar-refractivity contribution is 6.37. The van der Waals surface area contributed by atoms with Gasteiger partial charge in [0.2, 0.25) is 0 Å². The molecule has 8 nitrogen and oxygen atoms in total. The molecule has 1 aliphatic heterocycles. The maximum Gasteiger partial charge on any atom is 0.291 e. The Kier molecular flexibility index (Phi) is 6.67. The number of carbonyl (C=O) groups is 1. The molecule has 0 spiro atoms. The van der Waals surface area contributed by atoms with E-state index >= 15 is 4.39 Å². The summed E-state index contributed by atoms with van der Waals surface area (Å²) in [7, 11) is 0. The molecule has 0 aromatic carbocycles. The summed E-state index contributed by atoms with van der Waals surface area (Å²) in [6.07, 6.45) is 3.64. The third-order valence-electron chi connectivity index (χ3n) is 5.63. The lowest BCUT2D eigenvalue weighted by atomic mass is 10.0. The maximum atomic E-state index is 15.6. The summed E-state index contributed by atoms with van der Waals surface area (Å²) in [5.41, 5.74) is 0.153. The molecule has 0 saturated heterocycles. The molecular weight excluding hydrogens is 499 g/mol. The Bertz CT molecular complexity index is 1350. The normalized spacial score (nSPS) is 20.6. The van der Waals surface area contributed by atoms with Gasteiger partial charge in [0, 0.05) is 30.2 Å². The van der Waals surface area contributed by atoms with E-state index in [-0.39, 0.29) is 5.69 Å². The average molecular weight is 522 g/mol. The number of anilines is 1. The standard InChI is InChI=1S/C24H23ClF3N5O3/c1-13-10-30-21(32-6-5-19(31-32)23(3,4)35)9-18(13)33-14(2)7-20(24(25,28)22(33)34)36-12-17-16(27)8-15(26)11-29-17/h5-11,20,35H,12H2,1-4H3. The number of amides is 1. The smallest absolute Gasteiger partial charge is 0.291 e. The Balaban J connectivity index is 1.64. The molecule has 2 atom stereocenters. The fourth-order valence-corrected chi connectivity index (χ4v) is 3.86. The number of hydrogen-bond donors (Lipinski definition) is 1. The SMILES string of the molecule is CC1=CC(OCc2ncc(F)cc2F)C(F)(Cl)C(=O)N1c1cc(-n2ccc(C(C)(C)O)n2)ncc1C. The van der Waals surface area contributed by atoms with E-state index in [0.717, 1.165) is 11.1 Å². The van der Waals surface area contributed by atoms with Crippen LogP contribution >= 0.6 is 11.6 Å². The third kappa shape index (κ3) is 4.86. The number of aryl methyl sites for hydroxylation is 1. The van der Waals surface area contributed by atoms with Crippen LogP contribution in [-0.4, -0.2) is 42.0 Å². The van der Waals surface area contributed by atoms with Gasteiger partial charge >= 0.3 is 0 Å². The lowest BCUT2D eigenvalue weighted by Crippen LogP contribution is -2.53. The minimum Gasteiger partial charge on any atom is -0.384 e. The molecule has 4 rings (SSSR count). The Morgan fingerprint density at radius 2 is 1.94 bits per heavy atom. The molecule has 12 heteroatoms. The van der Waals surface area contributed by atoms with Crippen molar-refractivity contribution in [1.82, 2.24) is 19.7 Å². The highest BCUT2D eigenvalue weighted by Crippen LogP contribution is 2.38. The van der Waals surface area contributed by atoms with Crippen LogP contribution < -0.4 is 4.90 Å². The van der Waals surface area contributed by atoms with Gasteiger partial charge in [-0.15, -0.1) is 0 Å². The van der Waals surface area contributed by atoms with Crippen LogP contribution in [0.2, 0.25) is 0 Å². The molecule has 1 aliphatic rings. The number of allylic oxidation sites excluding steroid dienone is 1. The van der Waals surface area contributed by atoms with Crippen LogP contribution in [0.4, 0.5) is 18.9 Å². The van der Waals surface area contributed by atoms with Crippen molar-refractivity contribution in [2.75, 3.05) is 4.90 Å². The molecule has 0 saturated carbocycles. The van der Waals surface area contributed by atoms with Crippen LogP contribution in [0.15, 0.2) is 48.6 Å². The molecule has 0 bridgehead atoms. The lowest BCUT2D eigenvalue weighted by molar-refractivity contribution is -0.132. The maximum absolute atomic E-state index is 15.6. The van der Waals surface area contributed by atoms with Crippen molar-refractivity contribution in [3.63, 3.8) is 0 Å². The second-order valence-corrected chi connectivity index (χ2v) is 9.47. The fourth-order valence-electron chi connectivity index (χ4n) is 3.65. The number of alkyl halides is 2. The summed E-state index contributed by atoms with van der Waals surface area (Å²) in [6.45, 7) is 5.91. The van der Waals surface area contributed by atoms with Crippen LogP contribution in [0.25, 0.3) is 5.82 Å². The van der Waals surface area contributed by atoms with Crippen LogP contribution in [0, 0.1) is 18.6 Å². The average Bonchev–Trinajstić information content (AvgIpc) is 3.29. The largest absolute Gasteiger partial charge is 0.384 e. The molecule has 4 heterocycles. The van der Waals surface area contributed by atoms with E-state index in [9.17, 15) is 18.7 Å². The number of ether oxygens (including phenoxy) is 1. The molecule has 0 aliphatic carbocycles. The number of rotatable bonds is 6. The summed E-state index contributed by atoms with van der Waals surface area (Å²) >= 11 is 6.03. The van der Waals surface area contributed by atoms with Crippen molar-refractivity contribution in [1.29, 1.82) is 0 Å². The van der Waals surface area contributed by atoms with Gasteiger partial charge in [-0.3, -0.25) is 14.7 Å². The monoisotopic (exact) mass is 521 g/mol. The van der Waals surface area contributed by atoms with Gasteiger partial charge in [0.05, 0.1) is 24.2 Å². The Morgan fingerprint density at radius 1 is 1.22 bits per heavy atom. The van der Waals surface area contributed by atoms with Crippen LogP contribution in [0.3, 0.4) is 0 Å². The first-order valence-electron chi connectivity index (χ1n) is 10.9. The third-order valence-corrected chi connectivity index (χ3v) is 6.00. The van der Waals surface area contributed by atoms with Gasteiger partial charge in [-0.25, -0.2) is 22.8 Å². The van der Waals surface area contributed by atoms with Gasteiger partial charge in [-0.1, -0.05) is 11.6 Å². The van der Waals surface area contributed by atoms with Crippen molar-refractivity contribution < 1.29 is 27.8 Å². The molecule has 36 heavy (non-hydrogen) atoms. The Hall–Kier alpha value is -3.28. The van der Waals surface area contributed by atoms with Crippen molar-refractivity contribution in [2.45, 2.75) is 51.1 Å². The summed E-state index contributed by atoms with van der Waals surface area (Å²) < 4.78 is 49.4. The van der Waals surface area contributed by atoms with E-state index in [1.54, 1.807) is 40.0 Å². The number of nitrogens with zero attached hydrogens (tertiary/aromatic N) is 5. The zero-order valence-electron chi connectivity index (χ0n) is 19.8. The second kappa shape index (κ2) is 9.30. The number of carbonyl (C=O) groups excluding carboxylic acids is 1. The van der Waals surface area contributed by atoms with Gasteiger partial charge < -0.3 is 9.84 Å². The summed E-state index contributed by atoms with van der Waals surface area (Å²) in [4.78, 5) is 22.2. The summed E-state index contributed by atoms with van der Waals surface area (Å²) in [5, 5.41) is 11.5. The van der Waals surface area contributed by atoms with Gasteiger partial charge in [0.1, 0.15) is 29.0 Å². The molecule has 1 N–H and O–H groups in total. The number of pyridine rings is 2. The molecule has 3 aromatic rings. The molecule has 3 aromatic heterocycles. The number of hydrogen-bond acceptors (Lipinski definition) is 6. The lowest BCUT2D eigenvalue weighted by Gasteiger charge is -2.37. The highest BCUT2D eigenvalue weighted by atomic mass is 35.5.